The van der Waals surface area contributed by atoms with Gasteiger partial charge >= 0.3 is 0 Å². The zero-order valence-electron chi connectivity index (χ0n) is 13.1. The van der Waals surface area contributed by atoms with E-state index in [4.69, 9.17) is 4.52 Å². The zero-order valence-corrected chi connectivity index (χ0v) is 13.1. The molecule has 3 rings (SSSR count). The predicted molar refractivity (Wildman–Crippen MR) is 83.4 cm³/mol. The topological polar surface area (TPSA) is 121 Å². The first kappa shape index (κ1) is 15.9. The molecule has 2 aromatic heterocycles. The number of carbonyl (C=O) groups is 2. The number of aromatic amines is 1. The van der Waals surface area contributed by atoms with Gasteiger partial charge in [0.1, 0.15) is 11.5 Å². The van der Waals surface area contributed by atoms with Crippen LogP contribution in [0.1, 0.15) is 29.1 Å². The van der Waals surface area contributed by atoms with E-state index < -0.39 is 0 Å². The fraction of sp³-hybridized carbons (Fsp3) is 0.400. The summed E-state index contributed by atoms with van der Waals surface area (Å²) in [4.78, 5) is 37.1. The van der Waals surface area contributed by atoms with Gasteiger partial charge in [0, 0.05) is 31.1 Å². The highest BCUT2D eigenvalue weighted by Gasteiger charge is 2.28. The molecule has 0 saturated carbocycles. The van der Waals surface area contributed by atoms with Crippen molar-refractivity contribution in [2.75, 3.05) is 18.4 Å². The Morgan fingerprint density at radius 3 is 2.67 bits per heavy atom. The quantitative estimate of drug-likeness (QED) is 0.847. The number of amides is 2. The third-order valence-corrected chi connectivity index (χ3v) is 3.93. The van der Waals surface area contributed by atoms with Gasteiger partial charge in [0.25, 0.3) is 11.5 Å². The number of aryl methyl sites for hydroxylation is 1. The number of nitrogens with one attached hydrogen (secondary N) is 2. The van der Waals surface area contributed by atoms with Gasteiger partial charge in [0.05, 0.1) is 0 Å². The van der Waals surface area contributed by atoms with E-state index in [0.29, 0.717) is 37.5 Å². The maximum Gasteiger partial charge on any atom is 0.274 e. The number of anilines is 1. The van der Waals surface area contributed by atoms with Crippen molar-refractivity contribution < 1.29 is 14.1 Å². The van der Waals surface area contributed by atoms with Gasteiger partial charge < -0.3 is 14.7 Å². The molecule has 9 heteroatoms. The highest BCUT2D eigenvalue weighted by atomic mass is 16.5. The van der Waals surface area contributed by atoms with Crippen LogP contribution in [-0.4, -0.2) is 45.2 Å². The van der Waals surface area contributed by atoms with Gasteiger partial charge in [-0.2, -0.15) is 5.10 Å². The fourth-order valence-corrected chi connectivity index (χ4v) is 2.62. The number of aromatic nitrogens is 3. The second-order valence-corrected chi connectivity index (χ2v) is 5.68. The van der Waals surface area contributed by atoms with Crippen molar-refractivity contribution in [3.8, 4) is 0 Å². The Bertz CT molecular complexity index is 784. The molecule has 24 heavy (non-hydrogen) atoms. The second-order valence-electron chi connectivity index (χ2n) is 5.68. The van der Waals surface area contributed by atoms with E-state index in [9.17, 15) is 14.4 Å². The van der Waals surface area contributed by atoms with Gasteiger partial charge in [-0.1, -0.05) is 5.16 Å². The van der Waals surface area contributed by atoms with Crippen LogP contribution in [0.5, 0.6) is 0 Å². The second kappa shape index (κ2) is 6.65. The summed E-state index contributed by atoms with van der Waals surface area (Å²) >= 11 is 0. The molecule has 1 fully saturated rings. The lowest BCUT2D eigenvalue weighted by atomic mass is 9.95. The number of nitrogens with zero attached hydrogens (tertiary/aromatic N) is 3. The number of hydrogen-bond acceptors (Lipinski definition) is 6. The van der Waals surface area contributed by atoms with E-state index >= 15 is 0 Å². The molecule has 0 aliphatic carbocycles. The molecule has 0 bridgehead atoms. The lowest BCUT2D eigenvalue weighted by Crippen LogP contribution is -2.42. The molecule has 1 saturated heterocycles. The van der Waals surface area contributed by atoms with E-state index in [1.54, 1.807) is 17.9 Å². The number of likely N-dealkylation sites (tertiary alicyclic amines) is 1. The number of rotatable bonds is 3. The van der Waals surface area contributed by atoms with Crippen LogP contribution < -0.4 is 10.9 Å². The molecular weight excluding hydrogens is 314 g/mol. The number of hydrogen-bond donors (Lipinski definition) is 2. The molecule has 2 aromatic rings. The summed E-state index contributed by atoms with van der Waals surface area (Å²) in [6, 6.07) is 4.31. The van der Waals surface area contributed by atoms with Crippen LogP contribution in [0.4, 0.5) is 5.82 Å². The lowest BCUT2D eigenvalue weighted by Gasteiger charge is -2.30. The average molecular weight is 331 g/mol. The van der Waals surface area contributed by atoms with Gasteiger partial charge in [-0.15, -0.1) is 0 Å². The Morgan fingerprint density at radius 2 is 2.08 bits per heavy atom. The Balaban J connectivity index is 1.55. The average Bonchev–Trinajstić information content (AvgIpc) is 3.00. The highest BCUT2D eigenvalue weighted by Crippen LogP contribution is 2.20. The minimum atomic E-state index is -0.356. The normalized spacial score (nSPS) is 15.3. The molecule has 0 aromatic carbocycles. The molecular formula is C15H17N5O4. The van der Waals surface area contributed by atoms with Crippen LogP contribution in [0, 0.1) is 12.8 Å². The molecule has 1 aliphatic heterocycles. The molecule has 0 unspecified atom stereocenters. The lowest BCUT2D eigenvalue weighted by molar-refractivity contribution is -0.121. The first-order chi connectivity index (χ1) is 11.5. The van der Waals surface area contributed by atoms with Crippen LogP contribution in [0.2, 0.25) is 0 Å². The largest absolute Gasteiger partial charge is 0.360 e. The predicted octanol–water partition coefficient (Wildman–Crippen LogP) is 0.557. The molecule has 0 radical (unpaired) electrons. The number of carbonyl (C=O) groups excluding carboxylic acids is 2. The van der Waals surface area contributed by atoms with Crippen LogP contribution in [0.25, 0.3) is 0 Å². The standard InChI is InChI=1S/C15H17N5O4/c1-9-8-12(19-24-9)16-14(22)10-4-6-20(7-5-10)15(23)11-2-3-13(21)18-17-11/h2-3,8,10H,4-7H2,1H3,(H,18,21)(H,16,19,22). The minimum Gasteiger partial charge on any atom is -0.360 e. The maximum absolute atomic E-state index is 12.3. The molecule has 0 atom stereocenters. The van der Waals surface area contributed by atoms with Gasteiger partial charge in [-0.05, 0) is 25.8 Å². The molecule has 2 N–H and O–H groups in total. The van der Waals surface area contributed by atoms with E-state index in [-0.39, 0.29) is 29.0 Å². The molecule has 2 amide bonds. The smallest absolute Gasteiger partial charge is 0.274 e. The van der Waals surface area contributed by atoms with Crippen LogP contribution >= 0.6 is 0 Å². The van der Waals surface area contributed by atoms with Crippen molar-refractivity contribution in [1.29, 1.82) is 0 Å². The number of piperidine rings is 1. The monoisotopic (exact) mass is 331 g/mol. The SMILES string of the molecule is Cc1cc(NC(=O)C2CCN(C(=O)c3ccc(=O)[nH]n3)CC2)no1. The van der Waals surface area contributed by atoms with Gasteiger partial charge in [-0.3, -0.25) is 14.4 Å². The Labute approximate surface area is 137 Å². The first-order valence-corrected chi connectivity index (χ1v) is 7.62. The van der Waals surface area contributed by atoms with Gasteiger partial charge in [-0.25, -0.2) is 5.10 Å². The molecule has 3 heterocycles. The summed E-state index contributed by atoms with van der Waals surface area (Å²) in [5.74, 6) is 0.456. The van der Waals surface area contributed by atoms with E-state index in [1.807, 2.05) is 0 Å². The van der Waals surface area contributed by atoms with Crippen molar-refractivity contribution >= 4 is 17.6 Å². The van der Waals surface area contributed by atoms with Crippen molar-refractivity contribution in [3.05, 3.63) is 40.0 Å². The summed E-state index contributed by atoms with van der Waals surface area (Å²) in [5.41, 5.74) is -0.166. The summed E-state index contributed by atoms with van der Waals surface area (Å²) < 4.78 is 4.91. The van der Waals surface area contributed by atoms with Crippen LogP contribution in [-0.2, 0) is 4.79 Å². The molecule has 9 nitrogen and oxygen atoms in total. The van der Waals surface area contributed by atoms with Gasteiger partial charge in [0.2, 0.25) is 5.91 Å². The molecule has 1 aliphatic rings. The summed E-state index contributed by atoms with van der Waals surface area (Å²) in [5, 5.41) is 12.4. The van der Waals surface area contributed by atoms with Crippen molar-refractivity contribution in [1.82, 2.24) is 20.3 Å². The van der Waals surface area contributed by atoms with Crippen molar-refractivity contribution in [2.45, 2.75) is 19.8 Å². The third kappa shape index (κ3) is 3.50. The maximum atomic E-state index is 12.3. The van der Waals surface area contributed by atoms with Gasteiger partial charge in [0.15, 0.2) is 5.82 Å². The Kier molecular flexibility index (Phi) is 4.41. The highest BCUT2D eigenvalue weighted by molar-refractivity contribution is 5.93. The summed E-state index contributed by atoms with van der Waals surface area (Å²) in [6.07, 6.45) is 1.11. The Morgan fingerprint density at radius 1 is 1.33 bits per heavy atom. The summed E-state index contributed by atoms with van der Waals surface area (Å²) in [6.45, 7) is 2.66. The van der Waals surface area contributed by atoms with Crippen LogP contribution in [0.15, 0.2) is 27.5 Å². The summed E-state index contributed by atoms with van der Waals surface area (Å²) in [7, 11) is 0. The number of H-pyrrole nitrogens is 1. The fourth-order valence-electron chi connectivity index (χ4n) is 2.62. The molecule has 126 valence electrons. The zero-order chi connectivity index (χ0) is 17.1. The first-order valence-electron chi connectivity index (χ1n) is 7.62. The molecule has 0 spiro atoms. The van der Waals surface area contributed by atoms with Crippen molar-refractivity contribution in [3.63, 3.8) is 0 Å². The van der Waals surface area contributed by atoms with E-state index in [1.165, 1.54) is 12.1 Å². The van der Waals surface area contributed by atoms with Crippen LogP contribution in [0.3, 0.4) is 0 Å². The van der Waals surface area contributed by atoms with Crippen molar-refractivity contribution in [2.24, 2.45) is 5.92 Å². The minimum absolute atomic E-state index is 0.127. The van der Waals surface area contributed by atoms with E-state index in [2.05, 4.69) is 20.7 Å². The van der Waals surface area contributed by atoms with E-state index in [0.717, 1.165) is 0 Å². The Hall–Kier alpha value is -2.97. The third-order valence-electron chi connectivity index (χ3n) is 3.93.